The predicted octanol–water partition coefficient (Wildman–Crippen LogP) is 10.4. The van der Waals surface area contributed by atoms with Crippen molar-refractivity contribution in [3.8, 4) is 22.9 Å². The number of rotatable bonds is 18. The molecule has 214 valence electrons. The average Bonchev–Trinajstić information content (AvgIpc) is 2.98. The zero-order valence-corrected chi connectivity index (χ0v) is 24.8. The lowest BCUT2D eigenvalue weighted by molar-refractivity contribution is 0.176. The molecule has 1 aliphatic carbocycles. The summed E-state index contributed by atoms with van der Waals surface area (Å²) in [4.78, 5) is 0. The fourth-order valence-corrected chi connectivity index (χ4v) is 6.37. The minimum atomic E-state index is -0.152. The smallest absolute Gasteiger partial charge is 0.119 e. The van der Waals surface area contributed by atoms with E-state index >= 15 is 0 Å². The first kappa shape index (κ1) is 31.2. The predicted molar refractivity (Wildman–Crippen MR) is 164 cm³/mol. The SMILES string of the molecule is CCCCC(CCC)Oc1ccc(-c2ccc(C3CCCC(C#N)(CCCCCCCCCO)C3)cc2)cc1. The third-order valence-corrected chi connectivity index (χ3v) is 8.76. The fraction of sp³-hybridized carbons (Fsp3) is 0.639. The van der Waals surface area contributed by atoms with E-state index in [0.29, 0.717) is 18.6 Å². The Morgan fingerprint density at radius 2 is 1.49 bits per heavy atom. The lowest BCUT2D eigenvalue weighted by atomic mass is 9.66. The molecule has 1 aliphatic rings. The van der Waals surface area contributed by atoms with Gasteiger partial charge in [0.2, 0.25) is 0 Å². The second kappa shape index (κ2) is 17.4. The molecule has 1 N–H and O–H groups in total. The summed E-state index contributed by atoms with van der Waals surface area (Å²) in [5, 5.41) is 19.1. The molecule has 3 heteroatoms. The molecule has 1 fully saturated rings. The van der Waals surface area contributed by atoms with Gasteiger partial charge in [-0.1, -0.05) is 114 Å². The van der Waals surface area contributed by atoms with Gasteiger partial charge >= 0.3 is 0 Å². The third-order valence-electron chi connectivity index (χ3n) is 8.76. The molecular weight excluding hydrogens is 478 g/mol. The number of nitriles is 1. The van der Waals surface area contributed by atoms with Crippen LogP contribution in [0.4, 0.5) is 0 Å². The van der Waals surface area contributed by atoms with Gasteiger partial charge in [-0.15, -0.1) is 0 Å². The molecule has 0 amide bonds. The Morgan fingerprint density at radius 1 is 0.846 bits per heavy atom. The van der Waals surface area contributed by atoms with Crippen molar-refractivity contribution >= 4 is 0 Å². The largest absolute Gasteiger partial charge is 0.490 e. The van der Waals surface area contributed by atoms with Crippen LogP contribution >= 0.6 is 0 Å². The minimum absolute atomic E-state index is 0.152. The van der Waals surface area contributed by atoms with Crippen molar-refractivity contribution in [3.63, 3.8) is 0 Å². The highest BCUT2D eigenvalue weighted by Crippen LogP contribution is 2.47. The van der Waals surface area contributed by atoms with Crippen molar-refractivity contribution < 1.29 is 9.84 Å². The number of unbranched alkanes of at least 4 members (excludes halogenated alkanes) is 7. The topological polar surface area (TPSA) is 53.2 Å². The first-order chi connectivity index (χ1) is 19.1. The summed E-state index contributed by atoms with van der Waals surface area (Å²) in [7, 11) is 0. The van der Waals surface area contributed by atoms with Crippen molar-refractivity contribution in [1.82, 2.24) is 0 Å². The molecule has 0 aliphatic heterocycles. The summed E-state index contributed by atoms with van der Waals surface area (Å²) in [6, 6.07) is 20.5. The third kappa shape index (κ3) is 10.3. The van der Waals surface area contributed by atoms with E-state index in [0.717, 1.165) is 70.0 Å². The Labute approximate surface area is 239 Å². The zero-order chi connectivity index (χ0) is 27.8. The van der Waals surface area contributed by atoms with Crippen molar-refractivity contribution in [3.05, 3.63) is 54.1 Å². The van der Waals surface area contributed by atoms with Gasteiger partial charge in [-0.3, -0.25) is 0 Å². The van der Waals surface area contributed by atoms with E-state index in [1.165, 1.54) is 61.6 Å². The normalized spacial score (nSPS) is 19.9. The summed E-state index contributed by atoms with van der Waals surface area (Å²) in [6.45, 7) is 4.79. The van der Waals surface area contributed by atoms with Crippen LogP contribution in [0.1, 0.15) is 134 Å². The number of aliphatic hydroxyl groups is 1. The number of hydrogen-bond acceptors (Lipinski definition) is 3. The maximum absolute atomic E-state index is 10.2. The van der Waals surface area contributed by atoms with Crippen LogP contribution in [0.3, 0.4) is 0 Å². The van der Waals surface area contributed by atoms with Crippen LogP contribution < -0.4 is 4.74 Å². The molecule has 2 aromatic rings. The molecule has 0 bridgehead atoms. The number of hydrogen-bond donors (Lipinski definition) is 1. The zero-order valence-electron chi connectivity index (χ0n) is 24.8. The number of nitrogens with zero attached hydrogens (tertiary/aromatic N) is 1. The number of benzene rings is 2. The lowest BCUT2D eigenvalue weighted by Crippen LogP contribution is -2.26. The molecule has 39 heavy (non-hydrogen) atoms. The minimum Gasteiger partial charge on any atom is -0.490 e. The van der Waals surface area contributed by atoms with Crippen LogP contribution in [0, 0.1) is 16.7 Å². The van der Waals surface area contributed by atoms with Gasteiger partial charge in [0.25, 0.3) is 0 Å². The standard InChI is InChI=1S/C36H53NO2/c1-3-5-16-34(14-4-2)39-35-23-21-31(22-24-35)30-17-19-32(20-18-30)33-15-13-26-36(28-33,29-37)25-11-9-7-6-8-10-12-27-38/h17-24,33-34,38H,3-16,25-28H2,1-2H3. The molecule has 3 nitrogen and oxygen atoms in total. The van der Waals surface area contributed by atoms with Gasteiger partial charge in [0, 0.05) is 6.61 Å². The van der Waals surface area contributed by atoms with Gasteiger partial charge in [0.05, 0.1) is 17.6 Å². The monoisotopic (exact) mass is 531 g/mol. The summed E-state index contributed by atoms with van der Waals surface area (Å²) < 4.78 is 6.30. The molecular formula is C36H53NO2. The Balaban J connectivity index is 1.52. The second-order valence-corrected chi connectivity index (χ2v) is 12.0. The van der Waals surface area contributed by atoms with Crippen LogP contribution in [0.5, 0.6) is 5.75 Å². The van der Waals surface area contributed by atoms with E-state index in [-0.39, 0.29) is 5.41 Å². The van der Waals surface area contributed by atoms with Crippen molar-refractivity contribution in [2.24, 2.45) is 5.41 Å². The molecule has 0 spiro atoms. The number of aliphatic hydroxyl groups excluding tert-OH is 1. The molecule has 0 saturated heterocycles. The fourth-order valence-electron chi connectivity index (χ4n) is 6.37. The highest BCUT2D eigenvalue weighted by molar-refractivity contribution is 5.64. The van der Waals surface area contributed by atoms with E-state index in [9.17, 15) is 5.26 Å². The maximum atomic E-state index is 10.2. The van der Waals surface area contributed by atoms with E-state index in [1.54, 1.807) is 0 Å². The highest BCUT2D eigenvalue weighted by Gasteiger charge is 2.36. The van der Waals surface area contributed by atoms with Gasteiger partial charge in [-0.25, -0.2) is 0 Å². The van der Waals surface area contributed by atoms with Crippen LogP contribution in [-0.4, -0.2) is 17.8 Å². The van der Waals surface area contributed by atoms with Gasteiger partial charge < -0.3 is 9.84 Å². The molecule has 3 unspecified atom stereocenters. The van der Waals surface area contributed by atoms with Gasteiger partial charge in [-0.2, -0.15) is 5.26 Å². The lowest BCUT2D eigenvalue weighted by Gasteiger charge is -2.36. The Hall–Kier alpha value is -2.31. The van der Waals surface area contributed by atoms with Gasteiger partial charge in [-0.05, 0) is 79.7 Å². The van der Waals surface area contributed by atoms with E-state index in [4.69, 9.17) is 9.84 Å². The molecule has 3 rings (SSSR count). The summed E-state index contributed by atoms with van der Waals surface area (Å²) >= 11 is 0. The molecule has 0 radical (unpaired) electrons. The Kier molecular flexibility index (Phi) is 13.9. The van der Waals surface area contributed by atoms with Crippen molar-refractivity contribution in [2.75, 3.05) is 6.61 Å². The maximum Gasteiger partial charge on any atom is 0.119 e. The average molecular weight is 532 g/mol. The molecule has 1 saturated carbocycles. The Bertz CT molecular complexity index is 961. The number of ether oxygens (including phenoxy) is 1. The quantitative estimate of drug-likeness (QED) is 0.195. The first-order valence-corrected chi connectivity index (χ1v) is 16.0. The molecule has 0 aromatic heterocycles. The van der Waals surface area contributed by atoms with E-state index in [2.05, 4.69) is 68.4 Å². The van der Waals surface area contributed by atoms with Crippen LogP contribution in [-0.2, 0) is 0 Å². The van der Waals surface area contributed by atoms with Crippen LogP contribution in [0.15, 0.2) is 48.5 Å². The van der Waals surface area contributed by atoms with Crippen LogP contribution in [0.25, 0.3) is 11.1 Å². The highest BCUT2D eigenvalue weighted by atomic mass is 16.5. The van der Waals surface area contributed by atoms with E-state index < -0.39 is 0 Å². The molecule has 2 aromatic carbocycles. The van der Waals surface area contributed by atoms with Crippen molar-refractivity contribution in [1.29, 1.82) is 5.26 Å². The Morgan fingerprint density at radius 3 is 2.10 bits per heavy atom. The molecule has 3 atom stereocenters. The summed E-state index contributed by atoms with van der Waals surface area (Å²) in [5.74, 6) is 1.46. The van der Waals surface area contributed by atoms with E-state index in [1.807, 2.05) is 0 Å². The van der Waals surface area contributed by atoms with Crippen molar-refractivity contribution in [2.45, 2.75) is 135 Å². The van der Waals surface area contributed by atoms with Gasteiger partial charge in [0.15, 0.2) is 0 Å². The van der Waals surface area contributed by atoms with Crippen LogP contribution in [0.2, 0.25) is 0 Å². The summed E-state index contributed by atoms with van der Waals surface area (Å²) in [5.41, 5.74) is 3.70. The summed E-state index contributed by atoms with van der Waals surface area (Å²) in [6.07, 6.45) is 19.8. The first-order valence-electron chi connectivity index (χ1n) is 16.0. The molecule has 0 heterocycles. The van der Waals surface area contributed by atoms with Gasteiger partial charge in [0.1, 0.15) is 5.75 Å². The second-order valence-electron chi connectivity index (χ2n) is 12.0.